The zero-order valence-electron chi connectivity index (χ0n) is 11.9. The number of likely N-dealkylation sites (tertiary alicyclic amines) is 1. The van der Waals surface area contributed by atoms with Crippen molar-refractivity contribution in [2.75, 3.05) is 26.8 Å². The van der Waals surface area contributed by atoms with Crippen LogP contribution in [-0.2, 0) is 14.3 Å². The molecule has 0 spiro atoms. The Morgan fingerprint density at radius 3 is 3.05 bits per heavy atom. The summed E-state index contributed by atoms with van der Waals surface area (Å²) in [4.78, 5) is 25.5. The Hall–Kier alpha value is -1.10. The number of carbonyl (C=O) groups is 2. The van der Waals surface area contributed by atoms with Gasteiger partial charge in [0.05, 0.1) is 0 Å². The number of rotatable bonds is 4. The average molecular weight is 268 g/mol. The van der Waals surface area contributed by atoms with Crippen molar-refractivity contribution >= 4 is 11.8 Å². The van der Waals surface area contributed by atoms with E-state index in [1.165, 1.54) is 0 Å². The van der Waals surface area contributed by atoms with Crippen molar-refractivity contribution in [3.8, 4) is 0 Å². The van der Waals surface area contributed by atoms with Gasteiger partial charge in [-0.3, -0.25) is 9.59 Å². The molecule has 3 atom stereocenters. The molecule has 0 aromatic heterocycles. The first-order valence-corrected chi connectivity index (χ1v) is 7.16. The normalized spacial score (nSPS) is 28.5. The Labute approximate surface area is 114 Å². The van der Waals surface area contributed by atoms with Crippen molar-refractivity contribution in [1.29, 1.82) is 0 Å². The second-order valence-corrected chi connectivity index (χ2v) is 5.87. The molecule has 0 saturated carbocycles. The number of nitrogens with one attached hydrogen (secondary N) is 1. The molecule has 0 aromatic carbocycles. The van der Waals surface area contributed by atoms with E-state index in [-0.39, 0.29) is 23.8 Å². The Kier molecular flexibility index (Phi) is 4.80. The zero-order chi connectivity index (χ0) is 13.8. The van der Waals surface area contributed by atoms with Crippen LogP contribution in [-0.4, -0.2) is 49.6 Å². The first kappa shape index (κ1) is 14.3. The number of fused-ring (bicyclic) bond motifs is 1. The lowest BCUT2D eigenvalue weighted by Gasteiger charge is -2.41. The van der Waals surface area contributed by atoms with Gasteiger partial charge in [0, 0.05) is 45.7 Å². The van der Waals surface area contributed by atoms with Gasteiger partial charge in [-0.25, -0.2) is 0 Å². The monoisotopic (exact) mass is 268 g/mol. The van der Waals surface area contributed by atoms with Crippen molar-refractivity contribution in [3.63, 3.8) is 0 Å². The van der Waals surface area contributed by atoms with E-state index >= 15 is 0 Å². The van der Waals surface area contributed by atoms with Crippen LogP contribution in [0.4, 0.5) is 0 Å². The molecule has 0 radical (unpaired) electrons. The van der Waals surface area contributed by atoms with Crippen molar-refractivity contribution in [3.05, 3.63) is 0 Å². The predicted molar refractivity (Wildman–Crippen MR) is 71.5 cm³/mol. The first-order valence-electron chi connectivity index (χ1n) is 7.16. The number of methoxy groups -OCH3 is 1. The van der Waals surface area contributed by atoms with Crippen LogP contribution in [0.15, 0.2) is 0 Å². The molecular formula is C14H24N2O3. The van der Waals surface area contributed by atoms with Gasteiger partial charge in [0.15, 0.2) is 0 Å². The molecule has 108 valence electrons. The highest BCUT2D eigenvalue weighted by molar-refractivity contribution is 5.78. The van der Waals surface area contributed by atoms with Crippen LogP contribution in [0.3, 0.4) is 0 Å². The number of nitrogens with zero attached hydrogens (tertiary/aromatic N) is 1. The van der Waals surface area contributed by atoms with Gasteiger partial charge in [-0.05, 0) is 24.7 Å². The van der Waals surface area contributed by atoms with E-state index in [2.05, 4.69) is 5.32 Å². The number of hydrogen-bond donors (Lipinski definition) is 1. The highest BCUT2D eigenvalue weighted by Crippen LogP contribution is 2.26. The number of carbonyl (C=O) groups excluding carboxylic acids is 2. The van der Waals surface area contributed by atoms with Crippen LogP contribution in [0.1, 0.15) is 32.6 Å². The fourth-order valence-electron chi connectivity index (χ4n) is 3.11. The van der Waals surface area contributed by atoms with Gasteiger partial charge < -0.3 is 15.0 Å². The van der Waals surface area contributed by atoms with E-state index in [1.807, 2.05) is 11.8 Å². The lowest BCUT2D eigenvalue weighted by atomic mass is 9.85. The summed E-state index contributed by atoms with van der Waals surface area (Å²) in [5.74, 6) is 1.09. The number of hydrogen-bond acceptors (Lipinski definition) is 3. The summed E-state index contributed by atoms with van der Waals surface area (Å²) in [5, 5.41) is 3.04. The summed E-state index contributed by atoms with van der Waals surface area (Å²) < 4.78 is 5.07. The van der Waals surface area contributed by atoms with Crippen LogP contribution in [0.2, 0.25) is 0 Å². The zero-order valence-corrected chi connectivity index (χ0v) is 11.9. The Balaban J connectivity index is 1.83. The predicted octanol–water partition coefficient (Wildman–Crippen LogP) is 0.786. The molecule has 2 fully saturated rings. The molecule has 0 aromatic rings. The minimum Gasteiger partial charge on any atom is -0.384 e. The fraction of sp³-hybridized carbons (Fsp3) is 0.857. The molecule has 2 amide bonds. The molecule has 2 rings (SSSR count). The number of amides is 2. The third-order valence-corrected chi connectivity index (χ3v) is 4.15. The third-order valence-electron chi connectivity index (χ3n) is 4.15. The van der Waals surface area contributed by atoms with Crippen molar-refractivity contribution in [2.45, 2.75) is 38.6 Å². The standard InChI is InChI=1S/C14H24N2O3/c1-10(9-19-2)7-14(18)16-6-5-12-11(8-16)3-4-13(17)15-12/h10-12H,3-9H2,1-2H3,(H,15,17). The summed E-state index contributed by atoms with van der Waals surface area (Å²) in [7, 11) is 1.66. The van der Waals surface area contributed by atoms with Crippen molar-refractivity contribution < 1.29 is 14.3 Å². The highest BCUT2D eigenvalue weighted by atomic mass is 16.5. The molecule has 2 saturated heterocycles. The van der Waals surface area contributed by atoms with Gasteiger partial charge in [-0.15, -0.1) is 0 Å². The molecule has 1 N–H and O–H groups in total. The second-order valence-electron chi connectivity index (χ2n) is 5.87. The molecule has 19 heavy (non-hydrogen) atoms. The first-order chi connectivity index (χ1) is 9.10. The summed E-state index contributed by atoms with van der Waals surface area (Å²) in [6.07, 6.45) is 2.95. The molecule has 5 heteroatoms. The number of ether oxygens (including phenoxy) is 1. The maximum Gasteiger partial charge on any atom is 0.222 e. The third kappa shape index (κ3) is 3.69. The highest BCUT2D eigenvalue weighted by Gasteiger charge is 2.35. The minimum atomic E-state index is 0.162. The van der Waals surface area contributed by atoms with E-state index in [0.717, 1.165) is 25.9 Å². The lowest BCUT2D eigenvalue weighted by Crippen LogP contribution is -2.55. The van der Waals surface area contributed by atoms with Crippen LogP contribution in [0.5, 0.6) is 0 Å². The topological polar surface area (TPSA) is 58.6 Å². The molecule has 2 aliphatic heterocycles. The van der Waals surface area contributed by atoms with Gasteiger partial charge in [0.1, 0.15) is 0 Å². The smallest absolute Gasteiger partial charge is 0.222 e. The fourth-order valence-corrected chi connectivity index (χ4v) is 3.11. The lowest BCUT2D eigenvalue weighted by molar-refractivity contribution is -0.136. The maximum absolute atomic E-state index is 12.2. The summed E-state index contributed by atoms with van der Waals surface area (Å²) in [6, 6.07) is 0.279. The van der Waals surface area contributed by atoms with Gasteiger partial charge in [-0.1, -0.05) is 6.92 Å². The van der Waals surface area contributed by atoms with E-state index in [0.29, 0.717) is 25.4 Å². The minimum absolute atomic E-state index is 0.162. The molecule has 3 unspecified atom stereocenters. The van der Waals surface area contributed by atoms with Crippen molar-refractivity contribution in [2.24, 2.45) is 11.8 Å². The van der Waals surface area contributed by atoms with E-state index in [4.69, 9.17) is 4.74 Å². The van der Waals surface area contributed by atoms with E-state index in [1.54, 1.807) is 7.11 Å². The van der Waals surface area contributed by atoms with Gasteiger partial charge in [-0.2, -0.15) is 0 Å². The molecule has 0 aliphatic carbocycles. The van der Waals surface area contributed by atoms with Crippen LogP contribution in [0, 0.1) is 11.8 Å². The van der Waals surface area contributed by atoms with E-state index in [9.17, 15) is 9.59 Å². The summed E-state index contributed by atoms with van der Waals surface area (Å²) in [5.41, 5.74) is 0. The van der Waals surface area contributed by atoms with Crippen LogP contribution >= 0.6 is 0 Å². The van der Waals surface area contributed by atoms with Crippen molar-refractivity contribution in [1.82, 2.24) is 10.2 Å². The summed E-state index contributed by atoms with van der Waals surface area (Å²) in [6.45, 7) is 4.22. The molecule has 2 aliphatic rings. The van der Waals surface area contributed by atoms with Gasteiger partial charge >= 0.3 is 0 Å². The van der Waals surface area contributed by atoms with Crippen LogP contribution < -0.4 is 5.32 Å². The second kappa shape index (κ2) is 6.37. The summed E-state index contributed by atoms with van der Waals surface area (Å²) >= 11 is 0. The molecular weight excluding hydrogens is 244 g/mol. The van der Waals surface area contributed by atoms with Gasteiger partial charge in [0.2, 0.25) is 11.8 Å². The SMILES string of the molecule is COCC(C)CC(=O)N1CCC2NC(=O)CCC2C1. The van der Waals surface area contributed by atoms with Gasteiger partial charge in [0.25, 0.3) is 0 Å². The molecule has 0 bridgehead atoms. The number of piperidine rings is 2. The average Bonchev–Trinajstić information content (AvgIpc) is 2.38. The molecule has 2 heterocycles. The Morgan fingerprint density at radius 1 is 1.53 bits per heavy atom. The maximum atomic E-state index is 12.2. The van der Waals surface area contributed by atoms with Crippen LogP contribution in [0.25, 0.3) is 0 Å². The van der Waals surface area contributed by atoms with E-state index < -0.39 is 0 Å². The molecule has 5 nitrogen and oxygen atoms in total. The quantitative estimate of drug-likeness (QED) is 0.820. The Bertz CT molecular complexity index is 346. The Morgan fingerprint density at radius 2 is 2.32 bits per heavy atom. The largest absolute Gasteiger partial charge is 0.384 e.